The Kier molecular flexibility index (Phi) is 3.34. The lowest BCUT2D eigenvalue weighted by molar-refractivity contribution is -0.0446. The Balaban J connectivity index is 1.40. The van der Waals surface area contributed by atoms with Gasteiger partial charge < -0.3 is 9.64 Å². The van der Waals surface area contributed by atoms with Crippen molar-refractivity contribution in [3.8, 4) is 0 Å². The molecule has 0 saturated carbocycles. The summed E-state index contributed by atoms with van der Waals surface area (Å²) in [4.78, 5) is 16.7. The van der Waals surface area contributed by atoms with Crippen LogP contribution in [0.1, 0.15) is 24.0 Å². The SMILES string of the molecule is O=C(OC1CN2CCC1CC2)N1CCc2ccccc2C1. The lowest BCUT2D eigenvalue weighted by Crippen LogP contribution is -2.53. The summed E-state index contributed by atoms with van der Waals surface area (Å²) in [5, 5.41) is 0. The Bertz CT molecular complexity index is 537. The number of fused-ring (bicyclic) bond motifs is 4. The number of hydrogen-bond acceptors (Lipinski definition) is 3. The number of nitrogens with zero attached hydrogens (tertiary/aromatic N) is 2. The number of carbonyl (C=O) groups excluding carboxylic acids is 1. The molecule has 0 aliphatic carbocycles. The quantitative estimate of drug-likeness (QED) is 0.794. The highest BCUT2D eigenvalue weighted by Crippen LogP contribution is 2.30. The van der Waals surface area contributed by atoms with Crippen LogP contribution in [0, 0.1) is 5.92 Å². The molecule has 0 N–H and O–H groups in total. The lowest BCUT2D eigenvalue weighted by atomic mass is 9.86. The van der Waals surface area contributed by atoms with Crippen LogP contribution in [0.5, 0.6) is 0 Å². The van der Waals surface area contributed by atoms with E-state index in [4.69, 9.17) is 4.74 Å². The van der Waals surface area contributed by atoms with E-state index in [0.717, 1.165) is 19.5 Å². The molecule has 4 nitrogen and oxygen atoms in total. The molecule has 1 amide bonds. The van der Waals surface area contributed by atoms with Crippen molar-refractivity contribution >= 4 is 6.09 Å². The molecule has 4 heteroatoms. The summed E-state index contributed by atoms with van der Waals surface area (Å²) in [6.07, 6.45) is 3.29. The van der Waals surface area contributed by atoms with Crippen LogP contribution in [0.25, 0.3) is 0 Å². The van der Waals surface area contributed by atoms with Crippen LogP contribution in [0.3, 0.4) is 0 Å². The van der Waals surface area contributed by atoms with Gasteiger partial charge in [0.05, 0.1) is 0 Å². The van der Waals surface area contributed by atoms with Crippen LogP contribution in [0.15, 0.2) is 24.3 Å². The maximum atomic E-state index is 12.4. The molecular formula is C17H22N2O2. The number of benzene rings is 1. The third kappa shape index (κ3) is 2.53. The molecule has 1 unspecified atom stereocenters. The minimum absolute atomic E-state index is 0.108. The maximum absolute atomic E-state index is 12.4. The van der Waals surface area contributed by atoms with Crippen LogP contribution < -0.4 is 0 Å². The van der Waals surface area contributed by atoms with E-state index in [1.165, 1.54) is 37.1 Å². The molecule has 5 rings (SSSR count). The van der Waals surface area contributed by atoms with Gasteiger partial charge in [0, 0.05) is 19.6 Å². The van der Waals surface area contributed by atoms with Crippen molar-refractivity contribution in [2.45, 2.75) is 31.9 Å². The predicted octanol–water partition coefficient (Wildman–Crippen LogP) is 2.28. The normalized spacial score (nSPS) is 30.9. The first-order chi connectivity index (χ1) is 10.3. The van der Waals surface area contributed by atoms with Gasteiger partial charge in [-0.25, -0.2) is 4.79 Å². The van der Waals surface area contributed by atoms with Crippen molar-refractivity contribution < 1.29 is 9.53 Å². The highest BCUT2D eigenvalue weighted by molar-refractivity contribution is 5.68. The van der Waals surface area contributed by atoms with E-state index < -0.39 is 0 Å². The molecule has 0 radical (unpaired) electrons. The fraction of sp³-hybridized carbons (Fsp3) is 0.588. The molecule has 2 bridgehead atoms. The Labute approximate surface area is 125 Å². The largest absolute Gasteiger partial charge is 0.444 e. The number of rotatable bonds is 1. The van der Waals surface area contributed by atoms with Crippen molar-refractivity contribution in [1.29, 1.82) is 0 Å². The predicted molar refractivity (Wildman–Crippen MR) is 80.0 cm³/mol. The molecule has 4 aliphatic rings. The molecule has 0 aromatic heterocycles. The summed E-state index contributed by atoms with van der Waals surface area (Å²) in [6, 6.07) is 8.38. The van der Waals surface area contributed by atoms with Gasteiger partial charge in [0.25, 0.3) is 0 Å². The van der Waals surface area contributed by atoms with E-state index in [1.807, 2.05) is 11.0 Å². The van der Waals surface area contributed by atoms with Gasteiger partial charge in [-0.15, -0.1) is 0 Å². The number of piperidine rings is 3. The van der Waals surface area contributed by atoms with Gasteiger partial charge in [0.1, 0.15) is 6.10 Å². The first-order valence-corrected chi connectivity index (χ1v) is 8.04. The van der Waals surface area contributed by atoms with Crippen LogP contribution in [0.2, 0.25) is 0 Å². The molecule has 4 aliphatic heterocycles. The Hall–Kier alpha value is -1.55. The monoisotopic (exact) mass is 286 g/mol. The topological polar surface area (TPSA) is 32.8 Å². The van der Waals surface area contributed by atoms with Gasteiger partial charge in [-0.1, -0.05) is 24.3 Å². The van der Waals surface area contributed by atoms with Crippen molar-refractivity contribution in [1.82, 2.24) is 9.80 Å². The summed E-state index contributed by atoms with van der Waals surface area (Å²) in [6.45, 7) is 4.75. The first kappa shape index (κ1) is 13.1. The number of hydrogen-bond donors (Lipinski definition) is 0. The van der Waals surface area contributed by atoms with E-state index in [0.29, 0.717) is 12.5 Å². The minimum atomic E-state index is -0.122. The maximum Gasteiger partial charge on any atom is 0.410 e. The number of ether oxygens (including phenoxy) is 1. The van der Waals surface area contributed by atoms with Crippen molar-refractivity contribution in [3.05, 3.63) is 35.4 Å². The Morgan fingerprint density at radius 2 is 1.86 bits per heavy atom. The van der Waals surface area contributed by atoms with Crippen LogP contribution in [0.4, 0.5) is 4.79 Å². The van der Waals surface area contributed by atoms with Crippen LogP contribution in [-0.4, -0.2) is 48.2 Å². The van der Waals surface area contributed by atoms with Crippen LogP contribution >= 0.6 is 0 Å². The third-order valence-electron chi connectivity index (χ3n) is 5.24. The van der Waals surface area contributed by atoms with Gasteiger partial charge in [-0.2, -0.15) is 0 Å². The van der Waals surface area contributed by atoms with E-state index >= 15 is 0 Å². The Morgan fingerprint density at radius 1 is 1.10 bits per heavy atom. The average molecular weight is 286 g/mol. The zero-order valence-electron chi connectivity index (χ0n) is 12.3. The zero-order valence-corrected chi connectivity index (χ0v) is 12.3. The molecule has 1 atom stereocenters. The molecule has 4 heterocycles. The summed E-state index contributed by atoms with van der Waals surface area (Å²) in [5.74, 6) is 0.580. The fourth-order valence-corrected chi connectivity index (χ4v) is 3.90. The van der Waals surface area contributed by atoms with Crippen molar-refractivity contribution in [3.63, 3.8) is 0 Å². The van der Waals surface area contributed by atoms with E-state index in [2.05, 4.69) is 23.1 Å². The first-order valence-electron chi connectivity index (χ1n) is 8.04. The second kappa shape index (κ2) is 5.34. The van der Waals surface area contributed by atoms with Gasteiger partial charge >= 0.3 is 6.09 Å². The van der Waals surface area contributed by atoms with Crippen molar-refractivity contribution in [2.24, 2.45) is 5.92 Å². The molecular weight excluding hydrogens is 264 g/mol. The highest BCUT2D eigenvalue weighted by atomic mass is 16.6. The standard InChI is InChI=1S/C17H22N2O2/c20-17(21-16-12-18-8-5-14(16)6-9-18)19-10-7-13-3-1-2-4-15(13)11-19/h1-4,14,16H,5-12H2. The summed E-state index contributed by atoms with van der Waals surface area (Å²) < 4.78 is 5.83. The number of carbonyl (C=O) groups is 1. The van der Waals surface area contributed by atoms with Gasteiger partial charge in [-0.05, 0) is 49.4 Å². The molecule has 1 aromatic carbocycles. The summed E-state index contributed by atoms with van der Waals surface area (Å²) >= 11 is 0. The average Bonchev–Trinajstić information content (AvgIpc) is 2.55. The van der Waals surface area contributed by atoms with Gasteiger partial charge in [0.2, 0.25) is 0 Å². The summed E-state index contributed by atoms with van der Waals surface area (Å²) in [7, 11) is 0. The minimum Gasteiger partial charge on any atom is -0.444 e. The lowest BCUT2D eigenvalue weighted by Gasteiger charge is -2.44. The molecule has 0 spiro atoms. The second-order valence-corrected chi connectivity index (χ2v) is 6.50. The fourth-order valence-electron chi connectivity index (χ4n) is 3.90. The van der Waals surface area contributed by atoms with Crippen molar-refractivity contribution in [2.75, 3.05) is 26.2 Å². The molecule has 3 saturated heterocycles. The zero-order chi connectivity index (χ0) is 14.2. The molecule has 3 fully saturated rings. The van der Waals surface area contributed by atoms with E-state index in [1.54, 1.807) is 0 Å². The summed E-state index contributed by atoms with van der Waals surface area (Å²) in [5.41, 5.74) is 2.62. The number of amides is 1. The highest BCUT2D eigenvalue weighted by Gasteiger charge is 2.37. The third-order valence-corrected chi connectivity index (χ3v) is 5.24. The smallest absolute Gasteiger partial charge is 0.410 e. The van der Waals surface area contributed by atoms with E-state index in [-0.39, 0.29) is 12.2 Å². The molecule has 21 heavy (non-hydrogen) atoms. The molecule has 1 aromatic rings. The van der Waals surface area contributed by atoms with Crippen LogP contribution in [-0.2, 0) is 17.7 Å². The second-order valence-electron chi connectivity index (χ2n) is 6.50. The van der Waals surface area contributed by atoms with Gasteiger partial charge in [0.15, 0.2) is 0 Å². The Morgan fingerprint density at radius 3 is 2.57 bits per heavy atom. The molecule has 112 valence electrons. The van der Waals surface area contributed by atoms with E-state index in [9.17, 15) is 4.79 Å². The van der Waals surface area contributed by atoms with Gasteiger partial charge in [-0.3, -0.25) is 4.90 Å².